The van der Waals surface area contributed by atoms with Crippen LogP contribution in [0.5, 0.6) is 0 Å². The zero-order valence-corrected chi connectivity index (χ0v) is 13.2. The van der Waals surface area contributed by atoms with Gasteiger partial charge in [0.15, 0.2) is 0 Å². The first kappa shape index (κ1) is 19.7. The standard InChI is InChI=1S/C12H23N3O5S/c1-3-20-11(17)9(13)4-7-21-8-10(16)15-12(18)14-5-6-19-2/h9H,3-8,13H2,1-2H3,(H2,14,15,16,18). The molecule has 0 aliphatic heterocycles. The summed E-state index contributed by atoms with van der Waals surface area (Å²) in [6, 6.07) is -1.24. The summed E-state index contributed by atoms with van der Waals surface area (Å²) in [6.07, 6.45) is 0.414. The lowest BCUT2D eigenvalue weighted by Gasteiger charge is -2.10. The molecule has 0 aromatic carbocycles. The lowest BCUT2D eigenvalue weighted by atomic mass is 10.2. The van der Waals surface area contributed by atoms with Crippen LogP contribution < -0.4 is 16.4 Å². The van der Waals surface area contributed by atoms with E-state index >= 15 is 0 Å². The van der Waals surface area contributed by atoms with Crippen LogP contribution in [0.4, 0.5) is 4.79 Å². The zero-order chi connectivity index (χ0) is 16.1. The molecule has 0 saturated carbocycles. The summed E-state index contributed by atoms with van der Waals surface area (Å²) >= 11 is 1.29. The van der Waals surface area contributed by atoms with E-state index in [2.05, 4.69) is 10.6 Å². The van der Waals surface area contributed by atoms with E-state index in [0.717, 1.165) is 0 Å². The van der Waals surface area contributed by atoms with Crippen LogP contribution >= 0.6 is 11.8 Å². The molecule has 8 nitrogen and oxygen atoms in total. The van der Waals surface area contributed by atoms with Gasteiger partial charge >= 0.3 is 12.0 Å². The molecule has 0 radical (unpaired) electrons. The number of thioether (sulfide) groups is 1. The lowest BCUT2D eigenvalue weighted by Crippen LogP contribution is -2.41. The highest BCUT2D eigenvalue weighted by atomic mass is 32.2. The van der Waals surface area contributed by atoms with Crippen molar-refractivity contribution in [1.82, 2.24) is 10.6 Å². The molecule has 0 spiro atoms. The van der Waals surface area contributed by atoms with Gasteiger partial charge in [-0.05, 0) is 19.1 Å². The average Bonchev–Trinajstić information content (AvgIpc) is 2.43. The largest absolute Gasteiger partial charge is 0.465 e. The van der Waals surface area contributed by atoms with E-state index in [1.165, 1.54) is 18.9 Å². The SMILES string of the molecule is CCOC(=O)C(N)CCSCC(=O)NC(=O)NCCOC. The molecule has 1 atom stereocenters. The highest BCUT2D eigenvalue weighted by Gasteiger charge is 2.14. The molecular weight excluding hydrogens is 298 g/mol. The molecule has 0 saturated heterocycles. The van der Waals surface area contributed by atoms with Crippen LogP contribution in [0.15, 0.2) is 0 Å². The second-order valence-electron chi connectivity index (χ2n) is 4.00. The molecular formula is C12H23N3O5S. The number of nitrogens with two attached hydrogens (primary N) is 1. The van der Waals surface area contributed by atoms with Crippen molar-refractivity contribution in [2.24, 2.45) is 5.73 Å². The Hall–Kier alpha value is -1.32. The predicted octanol–water partition coefficient (Wildman–Crippen LogP) is -0.528. The van der Waals surface area contributed by atoms with Gasteiger partial charge < -0.3 is 20.5 Å². The Morgan fingerprint density at radius 3 is 2.67 bits per heavy atom. The molecule has 0 aliphatic rings. The van der Waals surface area contributed by atoms with Gasteiger partial charge in [0.05, 0.1) is 19.0 Å². The molecule has 0 aromatic rings. The average molecular weight is 321 g/mol. The third-order valence-electron chi connectivity index (χ3n) is 2.24. The Morgan fingerprint density at radius 2 is 2.05 bits per heavy atom. The molecule has 0 aromatic heterocycles. The number of urea groups is 1. The number of esters is 1. The summed E-state index contributed by atoms with van der Waals surface area (Å²) in [7, 11) is 1.52. The first-order chi connectivity index (χ1) is 10.0. The Kier molecular flexibility index (Phi) is 11.6. The number of hydrogen-bond donors (Lipinski definition) is 3. The van der Waals surface area contributed by atoms with Crippen LogP contribution in [-0.2, 0) is 19.1 Å². The zero-order valence-electron chi connectivity index (χ0n) is 12.3. The predicted molar refractivity (Wildman–Crippen MR) is 80.0 cm³/mol. The number of imide groups is 1. The van der Waals surface area contributed by atoms with Gasteiger partial charge in [-0.25, -0.2) is 4.79 Å². The van der Waals surface area contributed by atoms with Crippen molar-refractivity contribution in [3.8, 4) is 0 Å². The number of amides is 3. The van der Waals surface area contributed by atoms with Crippen molar-refractivity contribution >= 4 is 29.7 Å². The molecule has 4 N–H and O–H groups in total. The molecule has 0 aliphatic carbocycles. The fourth-order valence-corrected chi connectivity index (χ4v) is 2.04. The number of nitrogens with one attached hydrogen (secondary N) is 2. The summed E-state index contributed by atoms with van der Waals surface area (Å²) < 4.78 is 9.52. The molecule has 0 rings (SSSR count). The first-order valence-electron chi connectivity index (χ1n) is 6.57. The number of ether oxygens (including phenoxy) is 2. The van der Waals surface area contributed by atoms with Crippen molar-refractivity contribution in [2.45, 2.75) is 19.4 Å². The summed E-state index contributed by atoms with van der Waals surface area (Å²) in [5.41, 5.74) is 5.60. The van der Waals surface area contributed by atoms with Crippen molar-refractivity contribution < 1.29 is 23.9 Å². The van der Waals surface area contributed by atoms with Crippen molar-refractivity contribution in [3.05, 3.63) is 0 Å². The van der Waals surface area contributed by atoms with Gasteiger partial charge in [0.1, 0.15) is 6.04 Å². The molecule has 3 amide bonds. The number of carbonyl (C=O) groups excluding carboxylic acids is 3. The van der Waals surface area contributed by atoms with Crippen molar-refractivity contribution in [1.29, 1.82) is 0 Å². The second-order valence-corrected chi connectivity index (χ2v) is 5.10. The maximum atomic E-state index is 11.4. The Bertz CT molecular complexity index is 341. The van der Waals surface area contributed by atoms with Gasteiger partial charge in [-0.3, -0.25) is 14.9 Å². The smallest absolute Gasteiger partial charge is 0.322 e. The van der Waals surface area contributed by atoms with Gasteiger partial charge in [-0.15, -0.1) is 0 Å². The van der Waals surface area contributed by atoms with Gasteiger partial charge in [0.25, 0.3) is 0 Å². The number of methoxy groups -OCH3 is 1. The fourth-order valence-electron chi connectivity index (χ4n) is 1.22. The van der Waals surface area contributed by atoms with Crippen LogP contribution in [0.1, 0.15) is 13.3 Å². The first-order valence-corrected chi connectivity index (χ1v) is 7.73. The van der Waals surface area contributed by atoms with Crippen LogP contribution in [-0.4, -0.2) is 62.3 Å². The molecule has 0 heterocycles. The normalized spacial score (nSPS) is 11.6. The Morgan fingerprint density at radius 1 is 1.33 bits per heavy atom. The molecule has 122 valence electrons. The van der Waals surface area contributed by atoms with E-state index < -0.39 is 23.9 Å². The highest BCUT2D eigenvalue weighted by Crippen LogP contribution is 2.04. The third-order valence-corrected chi connectivity index (χ3v) is 3.23. The van der Waals surface area contributed by atoms with E-state index in [0.29, 0.717) is 31.9 Å². The lowest BCUT2D eigenvalue weighted by molar-refractivity contribution is -0.144. The molecule has 1 unspecified atom stereocenters. The van der Waals surface area contributed by atoms with Crippen LogP contribution in [0.2, 0.25) is 0 Å². The number of hydrogen-bond acceptors (Lipinski definition) is 7. The molecule has 9 heteroatoms. The Labute approximate surface area is 128 Å². The number of carbonyl (C=O) groups is 3. The third kappa shape index (κ3) is 11.1. The van der Waals surface area contributed by atoms with E-state index in [4.69, 9.17) is 15.2 Å². The molecule has 21 heavy (non-hydrogen) atoms. The van der Waals surface area contributed by atoms with Crippen LogP contribution in [0.3, 0.4) is 0 Å². The molecule has 0 fully saturated rings. The van der Waals surface area contributed by atoms with Crippen LogP contribution in [0.25, 0.3) is 0 Å². The Balaban J connectivity index is 3.65. The highest BCUT2D eigenvalue weighted by molar-refractivity contribution is 7.99. The van der Waals surface area contributed by atoms with Gasteiger partial charge in [-0.1, -0.05) is 0 Å². The van der Waals surface area contributed by atoms with Gasteiger partial charge in [-0.2, -0.15) is 11.8 Å². The van der Waals surface area contributed by atoms with Gasteiger partial charge in [0, 0.05) is 13.7 Å². The quantitative estimate of drug-likeness (QED) is 0.365. The van der Waals surface area contributed by atoms with E-state index in [1.54, 1.807) is 6.92 Å². The minimum absolute atomic E-state index is 0.118. The summed E-state index contributed by atoms with van der Waals surface area (Å²) in [6.45, 7) is 2.71. The minimum Gasteiger partial charge on any atom is -0.465 e. The van der Waals surface area contributed by atoms with E-state index in [-0.39, 0.29) is 5.75 Å². The minimum atomic E-state index is -0.683. The molecule has 0 bridgehead atoms. The number of rotatable bonds is 10. The van der Waals surface area contributed by atoms with Crippen molar-refractivity contribution in [3.63, 3.8) is 0 Å². The maximum absolute atomic E-state index is 11.4. The van der Waals surface area contributed by atoms with Crippen LogP contribution in [0, 0.1) is 0 Å². The van der Waals surface area contributed by atoms with E-state index in [1.807, 2.05) is 0 Å². The maximum Gasteiger partial charge on any atom is 0.322 e. The summed E-state index contributed by atoms with van der Waals surface area (Å²) in [4.78, 5) is 33.9. The second kappa shape index (κ2) is 12.4. The topological polar surface area (TPSA) is 120 Å². The monoisotopic (exact) mass is 321 g/mol. The van der Waals surface area contributed by atoms with E-state index in [9.17, 15) is 14.4 Å². The van der Waals surface area contributed by atoms with Crippen molar-refractivity contribution in [2.75, 3.05) is 38.4 Å². The summed E-state index contributed by atoms with van der Waals surface area (Å²) in [5, 5.41) is 4.65. The van der Waals surface area contributed by atoms with Gasteiger partial charge in [0.2, 0.25) is 5.91 Å². The summed E-state index contributed by atoms with van der Waals surface area (Å²) in [5.74, 6) is -0.203. The fraction of sp³-hybridized carbons (Fsp3) is 0.750.